The van der Waals surface area contributed by atoms with Crippen LogP contribution in [0.2, 0.25) is 0 Å². The highest BCUT2D eigenvalue weighted by molar-refractivity contribution is 4.94. The maximum Gasteiger partial charge on any atom is 0.0107 e. The molecule has 1 saturated carbocycles. The summed E-state index contributed by atoms with van der Waals surface area (Å²) in [7, 11) is 0. The molecule has 2 aliphatic carbocycles. The highest BCUT2D eigenvalue weighted by Crippen LogP contribution is 2.27. The molecule has 0 saturated heterocycles. The molecule has 0 heterocycles. The minimum absolute atomic E-state index is 0.738. The molecule has 0 spiro atoms. The molecule has 0 amide bonds. The van der Waals surface area contributed by atoms with E-state index in [1.807, 2.05) is 0 Å². The van der Waals surface area contributed by atoms with Crippen LogP contribution in [0.15, 0.2) is 12.2 Å². The summed E-state index contributed by atoms with van der Waals surface area (Å²) in [5, 5.41) is 3.84. The van der Waals surface area contributed by atoms with E-state index in [0.29, 0.717) is 0 Å². The Balaban J connectivity index is 1.74. The van der Waals surface area contributed by atoms with Crippen LogP contribution in [0.1, 0.15) is 58.3 Å². The first-order chi connectivity index (χ1) is 7.36. The van der Waals surface area contributed by atoms with Gasteiger partial charge >= 0.3 is 0 Å². The highest BCUT2D eigenvalue weighted by atomic mass is 14.9. The van der Waals surface area contributed by atoms with Crippen LogP contribution in [0.25, 0.3) is 0 Å². The molecule has 0 aromatic heterocycles. The molecule has 86 valence electrons. The van der Waals surface area contributed by atoms with Gasteiger partial charge in [-0.3, -0.25) is 0 Å². The van der Waals surface area contributed by atoms with Crippen LogP contribution >= 0.6 is 0 Å². The zero-order valence-corrected chi connectivity index (χ0v) is 10.0. The number of allylic oxidation sites excluding steroid dienone is 1. The molecular weight excluding hydrogens is 182 g/mol. The van der Waals surface area contributed by atoms with Gasteiger partial charge in [0.15, 0.2) is 0 Å². The van der Waals surface area contributed by atoms with Crippen molar-refractivity contribution in [3.8, 4) is 0 Å². The minimum Gasteiger partial charge on any atom is -0.311 e. The smallest absolute Gasteiger partial charge is 0.0107 e. The topological polar surface area (TPSA) is 12.0 Å². The van der Waals surface area contributed by atoms with E-state index in [1.165, 1.54) is 51.4 Å². The summed E-state index contributed by atoms with van der Waals surface area (Å²) in [6.45, 7) is 2.40. The van der Waals surface area contributed by atoms with Crippen molar-refractivity contribution in [2.24, 2.45) is 5.92 Å². The first-order valence-corrected chi connectivity index (χ1v) is 6.77. The molecule has 1 heteroatoms. The van der Waals surface area contributed by atoms with Crippen LogP contribution in [0, 0.1) is 5.92 Å². The predicted molar refractivity (Wildman–Crippen MR) is 66.0 cm³/mol. The van der Waals surface area contributed by atoms with Gasteiger partial charge in [0.2, 0.25) is 0 Å². The van der Waals surface area contributed by atoms with Gasteiger partial charge in [0.1, 0.15) is 0 Å². The average Bonchev–Trinajstić information content (AvgIpc) is 2.31. The lowest BCUT2D eigenvalue weighted by molar-refractivity contribution is 0.259. The Bertz CT molecular complexity index is 203. The molecule has 15 heavy (non-hydrogen) atoms. The maximum atomic E-state index is 3.84. The second-order valence-corrected chi connectivity index (χ2v) is 5.33. The number of rotatable bonds is 3. The van der Waals surface area contributed by atoms with Gasteiger partial charge in [0, 0.05) is 12.1 Å². The Hall–Kier alpha value is -0.300. The van der Waals surface area contributed by atoms with Crippen LogP contribution in [0.3, 0.4) is 0 Å². The lowest BCUT2D eigenvalue weighted by atomic mass is 9.84. The van der Waals surface area contributed by atoms with Crippen LogP contribution in [0.5, 0.6) is 0 Å². The quantitative estimate of drug-likeness (QED) is 0.696. The van der Waals surface area contributed by atoms with Gasteiger partial charge in [-0.05, 0) is 44.9 Å². The molecule has 2 aliphatic rings. The summed E-state index contributed by atoms with van der Waals surface area (Å²) >= 11 is 0. The first-order valence-electron chi connectivity index (χ1n) is 6.77. The standard InChI is InChI=1S/C14H25N/c1-12(13-8-4-2-5-9-13)15-14-10-6-3-7-11-14/h3,6,12-15H,2,4-5,7-11H2,1H3. The van der Waals surface area contributed by atoms with E-state index in [1.54, 1.807) is 0 Å². The van der Waals surface area contributed by atoms with Gasteiger partial charge < -0.3 is 5.32 Å². The Kier molecular flexibility index (Phi) is 4.25. The third-order valence-corrected chi connectivity index (χ3v) is 4.12. The van der Waals surface area contributed by atoms with Gasteiger partial charge in [0.05, 0.1) is 0 Å². The predicted octanol–water partition coefficient (Wildman–Crippen LogP) is 3.65. The third kappa shape index (κ3) is 3.34. The average molecular weight is 207 g/mol. The summed E-state index contributed by atoms with van der Waals surface area (Å²) in [6, 6.07) is 1.49. The summed E-state index contributed by atoms with van der Waals surface area (Å²) in [6.07, 6.45) is 15.8. The zero-order chi connectivity index (χ0) is 10.5. The molecule has 2 atom stereocenters. The van der Waals surface area contributed by atoms with Crippen LogP contribution in [0.4, 0.5) is 0 Å². The largest absolute Gasteiger partial charge is 0.311 e. The molecule has 0 bridgehead atoms. The Morgan fingerprint density at radius 1 is 1.07 bits per heavy atom. The van der Waals surface area contributed by atoms with E-state index < -0.39 is 0 Å². The molecule has 2 rings (SSSR count). The fourth-order valence-electron chi connectivity index (χ4n) is 3.09. The lowest BCUT2D eigenvalue weighted by Crippen LogP contribution is -2.41. The number of hydrogen-bond acceptors (Lipinski definition) is 1. The van der Waals surface area contributed by atoms with E-state index in [4.69, 9.17) is 0 Å². The van der Waals surface area contributed by atoms with Crippen molar-refractivity contribution in [2.45, 2.75) is 70.4 Å². The number of hydrogen-bond donors (Lipinski definition) is 1. The second kappa shape index (κ2) is 5.69. The number of nitrogens with one attached hydrogen (secondary N) is 1. The molecule has 0 aromatic carbocycles. The zero-order valence-electron chi connectivity index (χ0n) is 10.0. The summed E-state index contributed by atoms with van der Waals surface area (Å²) in [4.78, 5) is 0. The monoisotopic (exact) mass is 207 g/mol. The van der Waals surface area contributed by atoms with Gasteiger partial charge in [0.25, 0.3) is 0 Å². The fourth-order valence-corrected chi connectivity index (χ4v) is 3.09. The molecule has 0 aromatic rings. The molecule has 1 nitrogen and oxygen atoms in total. The molecule has 0 aliphatic heterocycles. The molecule has 0 radical (unpaired) electrons. The maximum absolute atomic E-state index is 3.84. The van der Waals surface area contributed by atoms with E-state index in [0.717, 1.165) is 18.0 Å². The molecule has 1 N–H and O–H groups in total. The minimum atomic E-state index is 0.738. The van der Waals surface area contributed by atoms with Crippen molar-refractivity contribution >= 4 is 0 Å². The Morgan fingerprint density at radius 3 is 2.53 bits per heavy atom. The van der Waals surface area contributed by atoms with Crippen molar-refractivity contribution in [2.75, 3.05) is 0 Å². The Morgan fingerprint density at radius 2 is 1.87 bits per heavy atom. The van der Waals surface area contributed by atoms with Crippen molar-refractivity contribution < 1.29 is 0 Å². The summed E-state index contributed by atoms with van der Waals surface area (Å²) in [5.41, 5.74) is 0. The highest BCUT2D eigenvalue weighted by Gasteiger charge is 2.22. The van der Waals surface area contributed by atoms with Crippen molar-refractivity contribution in [3.05, 3.63) is 12.2 Å². The molecule has 2 unspecified atom stereocenters. The fraction of sp³-hybridized carbons (Fsp3) is 0.857. The van der Waals surface area contributed by atoms with Gasteiger partial charge in [-0.1, -0.05) is 31.4 Å². The van der Waals surface area contributed by atoms with Crippen molar-refractivity contribution in [1.82, 2.24) is 5.32 Å². The summed E-state index contributed by atoms with van der Waals surface area (Å²) < 4.78 is 0. The van der Waals surface area contributed by atoms with Crippen molar-refractivity contribution in [3.63, 3.8) is 0 Å². The molecular formula is C14H25N. The van der Waals surface area contributed by atoms with E-state index in [9.17, 15) is 0 Å². The van der Waals surface area contributed by atoms with Crippen LogP contribution < -0.4 is 5.32 Å². The third-order valence-electron chi connectivity index (χ3n) is 4.12. The van der Waals surface area contributed by atoms with Gasteiger partial charge in [-0.25, -0.2) is 0 Å². The van der Waals surface area contributed by atoms with Gasteiger partial charge in [-0.15, -0.1) is 0 Å². The second-order valence-electron chi connectivity index (χ2n) is 5.33. The van der Waals surface area contributed by atoms with E-state index in [-0.39, 0.29) is 0 Å². The first kappa shape index (κ1) is 11.2. The Labute approximate surface area is 94.3 Å². The van der Waals surface area contributed by atoms with Gasteiger partial charge in [-0.2, -0.15) is 0 Å². The molecule has 1 fully saturated rings. The van der Waals surface area contributed by atoms with E-state index in [2.05, 4.69) is 24.4 Å². The normalized spacial score (nSPS) is 30.3. The SMILES string of the molecule is CC(NC1CC=CCC1)C1CCCCC1. The van der Waals surface area contributed by atoms with Crippen LogP contribution in [-0.2, 0) is 0 Å². The van der Waals surface area contributed by atoms with E-state index >= 15 is 0 Å². The lowest BCUT2D eigenvalue weighted by Gasteiger charge is -2.32. The van der Waals surface area contributed by atoms with Crippen LogP contribution in [-0.4, -0.2) is 12.1 Å². The summed E-state index contributed by atoms with van der Waals surface area (Å²) in [5.74, 6) is 0.949. The van der Waals surface area contributed by atoms with Crippen molar-refractivity contribution in [1.29, 1.82) is 0 Å².